The molecule has 6 N–H and O–H groups in total. The van der Waals surface area contributed by atoms with Crippen LogP contribution in [0.5, 0.6) is 0 Å². The largest absolute Gasteiger partial charge is 0.397 e. The molecule has 3 fully saturated rings. The Morgan fingerprint density at radius 3 is 2.60 bits per heavy atom. The van der Waals surface area contributed by atoms with E-state index >= 15 is 0 Å². The van der Waals surface area contributed by atoms with Crippen LogP contribution in [-0.2, 0) is 27.2 Å². The van der Waals surface area contributed by atoms with Gasteiger partial charge in [-0.2, -0.15) is 0 Å². The van der Waals surface area contributed by atoms with Crippen LogP contribution in [0.1, 0.15) is 55.3 Å². The summed E-state index contributed by atoms with van der Waals surface area (Å²) < 4.78 is 7.26. The third-order valence-corrected chi connectivity index (χ3v) is 14.7. The summed E-state index contributed by atoms with van der Waals surface area (Å²) >= 11 is 8.18. The van der Waals surface area contributed by atoms with Gasteiger partial charge in [0, 0.05) is 71.9 Å². The van der Waals surface area contributed by atoms with E-state index in [1.54, 1.807) is 12.3 Å². The zero-order valence-electron chi connectivity index (χ0n) is 35.1. The Hall–Kier alpha value is -5.93. The predicted molar refractivity (Wildman–Crippen MR) is 249 cm³/mol. The highest BCUT2D eigenvalue weighted by Crippen LogP contribution is 2.47. The van der Waals surface area contributed by atoms with Crippen LogP contribution in [0.15, 0.2) is 53.5 Å². The van der Waals surface area contributed by atoms with E-state index in [1.165, 1.54) is 44.1 Å². The Kier molecular flexibility index (Phi) is 11.9. The molecule has 7 heterocycles. The van der Waals surface area contributed by atoms with Crippen molar-refractivity contribution in [2.45, 2.75) is 52.5 Å². The Morgan fingerprint density at radius 2 is 1.81 bits per heavy atom. The molecule has 1 saturated carbocycles. The minimum Gasteiger partial charge on any atom is -0.397 e. The van der Waals surface area contributed by atoms with Crippen molar-refractivity contribution in [1.29, 1.82) is 0 Å². The van der Waals surface area contributed by atoms with Gasteiger partial charge in [-0.05, 0) is 124 Å². The molecule has 5 aromatic heterocycles. The number of aromatic nitrogens is 4. The number of carbonyl (C=O) groups excluding carboxylic acids is 3. The molecular weight excluding hydrogens is 855 g/mol. The molecule has 14 nitrogen and oxygen atoms in total. The summed E-state index contributed by atoms with van der Waals surface area (Å²) in [6, 6.07) is 14.2. The summed E-state index contributed by atoms with van der Waals surface area (Å²) in [7, 11) is 0. The number of nitrogen functional groups attached to an aromatic ring is 1. The standard InChI is InChI=1S/C46H47N9O5S3/c1-24-12-13-48-35(18-24)55-45(59)38-33(26(3)62-44(38)53-46(55)61)10-11-36(56)49-14-16-60-17-15-50-41(57)37-29-19-30(37)23-54(22-29)32-8-6-27-20-31(7-5-28(27)21-32)52-42(58)40-39(47)34-9-4-25(2)51-43(34)63-40/h4,6,8-9,12-13,18,21,29-31,37H,5,7,14-17,19-20,22-23,47H2,1-3H3,(H,49,56)(H,50,57)(H,52,58)(H,53,61)/t29-,30+,31-,37?/m0/s1. The monoisotopic (exact) mass is 901 g/mol. The van der Waals surface area contributed by atoms with Crippen LogP contribution < -0.4 is 32.1 Å². The highest BCUT2D eigenvalue weighted by atomic mass is 32.1. The molecule has 3 amide bonds. The number of anilines is 2. The second-order valence-corrected chi connectivity index (χ2v) is 19.2. The normalized spacial score (nSPS) is 18.9. The molecule has 1 aromatic carbocycles. The number of fused-ring (bicyclic) bond motifs is 5. The molecule has 324 valence electrons. The number of hydrogen-bond acceptors (Lipinski definition) is 12. The quantitative estimate of drug-likeness (QED) is 0.0650. The third kappa shape index (κ3) is 8.60. The predicted octanol–water partition coefficient (Wildman–Crippen LogP) is 5.28. The summed E-state index contributed by atoms with van der Waals surface area (Å²) in [5, 5.41) is 10.2. The SMILES string of the molecule is Cc1ccnc(-n2c(=S)[nH]c3sc(C)c(C#CC(=O)NCCOCCNC(=O)C4[C@@H]5C[C@H]4CN(c4ccc6c(c4)CC[C@H](NC(=O)c4sc7nc(C)ccc7c4N)C6)C5)c3c2=O)c1. The van der Waals surface area contributed by atoms with Crippen molar-refractivity contribution in [1.82, 2.24) is 35.5 Å². The van der Waals surface area contributed by atoms with Crippen molar-refractivity contribution in [3.63, 3.8) is 0 Å². The van der Waals surface area contributed by atoms with Gasteiger partial charge in [0.25, 0.3) is 17.4 Å². The van der Waals surface area contributed by atoms with E-state index in [0.717, 1.165) is 65.1 Å². The number of ether oxygens (including phenoxy) is 1. The van der Waals surface area contributed by atoms with Gasteiger partial charge in [0.2, 0.25) is 5.91 Å². The van der Waals surface area contributed by atoms with Gasteiger partial charge in [0.05, 0.1) is 29.9 Å². The van der Waals surface area contributed by atoms with E-state index in [-0.39, 0.29) is 47.3 Å². The topological polar surface area (TPSA) is 189 Å². The molecule has 10 rings (SSSR count). The first-order valence-electron chi connectivity index (χ1n) is 21.1. The van der Waals surface area contributed by atoms with Crippen LogP contribution in [0.2, 0.25) is 0 Å². The van der Waals surface area contributed by atoms with Crippen LogP contribution in [0.25, 0.3) is 26.3 Å². The minimum atomic E-state index is -0.492. The smallest absolute Gasteiger partial charge is 0.296 e. The van der Waals surface area contributed by atoms with Gasteiger partial charge in [0.15, 0.2) is 4.77 Å². The van der Waals surface area contributed by atoms with Crippen molar-refractivity contribution >= 4 is 84.4 Å². The van der Waals surface area contributed by atoms with Crippen LogP contribution in [0, 0.1) is 55.1 Å². The Morgan fingerprint density at radius 1 is 1.02 bits per heavy atom. The zero-order chi connectivity index (χ0) is 43.9. The molecule has 2 saturated heterocycles. The molecule has 4 atom stereocenters. The maximum absolute atomic E-state index is 13.6. The number of thiophene rings is 2. The fourth-order valence-corrected chi connectivity index (χ4v) is 11.5. The summed E-state index contributed by atoms with van der Waals surface area (Å²) in [5.74, 6) is 5.95. The number of hydrogen-bond donors (Lipinski definition) is 5. The highest BCUT2D eigenvalue weighted by Gasteiger charge is 2.50. The summed E-state index contributed by atoms with van der Waals surface area (Å²) in [5.41, 5.74) is 12.6. The number of H-pyrrole nitrogens is 1. The van der Waals surface area contributed by atoms with Crippen molar-refractivity contribution in [3.8, 4) is 17.7 Å². The Labute approximate surface area is 376 Å². The lowest BCUT2D eigenvalue weighted by Gasteiger charge is -2.53. The minimum absolute atomic E-state index is 0.00156. The number of nitrogens with two attached hydrogens (primary N) is 1. The second kappa shape index (κ2) is 17.7. The van der Waals surface area contributed by atoms with Crippen molar-refractivity contribution in [2.75, 3.05) is 50.0 Å². The van der Waals surface area contributed by atoms with Gasteiger partial charge in [-0.15, -0.1) is 22.7 Å². The molecule has 2 aliphatic heterocycles. The number of pyridine rings is 2. The summed E-state index contributed by atoms with van der Waals surface area (Å²) in [4.78, 5) is 69.8. The van der Waals surface area contributed by atoms with E-state index in [4.69, 9.17) is 22.7 Å². The van der Waals surface area contributed by atoms with Crippen molar-refractivity contribution in [2.24, 2.45) is 17.8 Å². The lowest BCUT2D eigenvalue weighted by molar-refractivity contribution is -0.135. The first-order chi connectivity index (χ1) is 30.4. The fourth-order valence-electron chi connectivity index (χ4n) is 9.16. The summed E-state index contributed by atoms with van der Waals surface area (Å²) in [6.07, 6.45) is 5.18. The third-order valence-electron chi connectivity index (χ3n) is 12.3. The average Bonchev–Trinajstić information content (AvgIpc) is 3.76. The molecule has 0 spiro atoms. The molecule has 4 aliphatic rings. The van der Waals surface area contributed by atoms with E-state index in [9.17, 15) is 19.2 Å². The molecule has 1 unspecified atom stereocenters. The van der Waals surface area contributed by atoms with E-state index in [2.05, 4.69) is 65.8 Å². The van der Waals surface area contributed by atoms with Crippen molar-refractivity contribution in [3.05, 3.63) is 101 Å². The number of amides is 3. The number of aryl methyl sites for hydroxylation is 4. The second-order valence-electron chi connectivity index (χ2n) is 16.6. The number of aromatic amines is 1. The molecule has 63 heavy (non-hydrogen) atoms. The van der Waals surface area contributed by atoms with Crippen LogP contribution in [0.4, 0.5) is 11.4 Å². The lowest BCUT2D eigenvalue weighted by Crippen LogP contribution is -2.60. The van der Waals surface area contributed by atoms with Crippen molar-refractivity contribution < 1.29 is 19.1 Å². The maximum atomic E-state index is 13.6. The number of benzene rings is 1. The number of nitrogens with zero attached hydrogens (tertiary/aromatic N) is 4. The maximum Gasteiger partial charge on any atom is 0.296 e. The van der Waals surface area contributed by atoms with Gasteiger partial charge in [-0.25, -0.2) is 14.5 Å². The van der Waals surface area contributed by atoms with Gasteiger partial charge < -0.3 is 36.3 Å². The lowest BCUT2D eigenvalue weighted by atomic mass is 9.61. The van der Waals surface area contributed by atoms with Gasteiger partial charge >= 0.3 is 0 Å². The Bertz CT molecular complexity index is 2980. The van der Waals surface area contributed by atoms with E-state index in [0.29, 0.717) is 57.1 Å². The Balaban J connectivity index is 0.698. The first-order valence-corrected chi connectivity index (χ1v) is 23.2. The van der Waals surface area contributed by atoms with E-state index < -0.39 is 5.91 Å². The molecular formula is C46H47N9O5S3. The molecule has 0 radical (unpaired) electrons. The van der Waals surface area contributed by atoms with E-state index in [1.807, 2.05) is 39.0 Å². The average molecular weight is 902 g/mol. The van der Waals surface area contributed by atoms with Crippen LogP contribution >= 0.6 is 34.9 Å². The number of rotatable bonds is 11. The number of nitrogens with one attached hydrogen (secondary N) is 4. The number of carbonyl (C=O) groups is 3. The fraction of sp³-hybridized carbons (Fsp3) is 0.370. The highest BCUT2D eigenvalue weighted by molar-refractivity contribution is 7.71. The molecule has 2 aliphatic carbocycles. The number of piperidine rings is 2. The van der Waals surface area contributed by atoms with Gasteiger partial charge in [-0.3, -0.25) is 19.2 Å². The van der Waals surface area contributed by atoms with Crippen LogP contribution in [-0.4, -0.2) is 82.7 Å². The van der Waals surface area contributed by atoms with Gasteiger partial charge in [0.1, 0.15) is 20.4 Å². The zero-order valence-corrected chi connectivity index (χ0v) is 37.6. The first kappa shape index (κ1) is 42.4. The molecule has 2 bridgehead atoms. The summed E-state index contributed by atoms with van der Waals surface area (Å²) in [6.45, 7) is 8.57. The molecule has 17 heteroatoms. The van der Waals surface area contributed by atoms with Gasteiger partial charge in [-0.1, -0.05) is 12.0 Å². The molecule has 6 aromatic rings. The van der Waals surface area contributed by atoms with Crippen LogP contribution in [0.3, 0.4) is 0 Å².